The molecule has 0 radical (unpaired) electrons. The number of aryl methyl sites for hydroxylation is 1. The highest BCUT2D eigenvalue weighted by Gasteiger charge is 2.21. The Morgan fingerprint density at radius 2 is 1.84 bits per heavy atom. The molecule has 3 rings (SSSR count). The van der Waals surface area contributed by atoms with Crippen molar-refractivity contribution in [2.24, 2.45) is 14.1 Å². The van der Waals surface area contributed by atoms with E-state index >= 15 is 0 Å². The lowest BCUT2D eigenvalue weighted by Crippen LogP contribution is -2.40. The molecule has 2 atom stereocenters. The number of nitro benzene ring substituents is 1. The summed E-state index contributed by atoms with van der Waals surface area (Å²) in [6.45, 7) is 0.208. The number of non-ortho nitro benzene ring substituents is 1. The van der Waals surface area contributed by atoms with Crippen molar-refractivity contribution in [2.45, 2.75) is 18.7 Å². The fraction of sp³-hybridized carbons (Fsp3) is 0.389. The molecule has 2 heterocycles. The monoisotopic (exact) mass is 454 g/mol. The minimum absolute atomic E-state index is 0. The molecule has 0 fully saturated rings. The van der Waals surface area contributed by atoms with Gasteiger partial charge in [-0.3, -0.25) is 24.0 Å². The van der Waals surface area contributed by atoms with E-state index in [4.69, 9.17) is 0 Å². The molecule has 2 unspecified atom stereocenters. The van der Waals surface area contributed by atoms with Crippen LogP contribution in [0.25, 0.3) is 11.2 Å². The Labute approximate surface area is 181 Å². The molecule has 0 bridgehead atoms. The number of benzene rings is 1. The van der Waals surface area contributed by atoms with Crippen LogP contribution >= 0.6 is 12.4 Å². The number of rotatable bonds is 8. The Morgan fingerprint density at radius 3 is 2.42 bits per heavy atom. The normalized spacial score (nSPS) is 13.0. The Hall–Kier alpha value is -3.06. The summed E-state index contributed by atoms with van der Waals surface area (Å²) in [5, 5.41) is 33.9. The largest absolute Gasteiger partial charge is 0.395 e. The first-order valence-electron chi connectivity index (χ1n) is 9.13. The van der Waals surface area contributed by atoms with Crippen LogP contribution < -0.4 is 16.6 Å². The number of hydrogen-bond acceptors (Lipinski definition) is 8. The van der Waals surface area contributed by atoms with Gasteiger partial charge in [-0.2, -0.15) is 0 Å². The SMILES string of the molecule is Cl.Cn1c(=O)c2c(ncn2CCNC(CO)C(O)c2ccc([N+](=O)[O-])cc2)n(C)c1=O. The van der Waals surface area contributed by atoms with E-state index in [1.165, 1.54) is 49.3 Å². The van der Waals surface area contributed by atoms with Gasteiger partial charge in [0.15, 0.2) is 11.2 Å². The number of aliphatic hydroxyl groups excluding tert-OH is 2. The molecule has 13 heteroatoms. The van der Waals surface area contributed by atoms with E-state index in [2.05, 4.69) is 10.3 Å². The van der Waals surface area contributed by atoms with Crippen LogP contribution in [0.2, 0.25) is 0 Å². The molecular formula is C18H23ClN6O6. The second kappa shape index (κ2) is 9.83. The molecule has 31 heavy (non-hydrogen) atoms. The molecule has 0 aliphatic rings. The third kappa shape index (κ3) is 4.66. The van der Waals surface area contributed by atoms with Gasteiger partial charge in [-0.05, 0) is 17.7 Å². The second-order valence-electron chi connectivity index (χ2n) is 6.85. The lowest BCUT2D eigenvalue weighted by Gasteiger charge is -2.22. The molecule has 0 saturated heterocycles. The molecule has 0 spiro atoms. The summed E-state index contributed by atoms with van der Waals surface area (Å²) in [5.41, 5.74) is -0.0604. The topological polar surface area (TPSA) is 157 Å². The van der Waals surface area contributed by atoms with Gasteiger partial charge in [0.1, 0.15) is 0 Å². The first-order valence-corrected chi connectivity index (χ1v) is 9.13. The zero-order valence-corrected chi connectivity index (χ0v) is 17.7. The van der Waals surface area contributed by atoms with Crippen LogP contribution in [0.5, 0.6) is 0 Å². The third-order valence-electron chi connectivity index (χ3n) is 5.00. The predicted octanol–water partition coefficient (Wildman–Crippen LogP) is -0.552. The number of imidazole rings is 1. The van der Waals surface area contributed by atoms with Gasteiger partial charge in [-0.1, -0.05) is 0 Å². The fourth-order valence-corrected chi connectivity index (χ4v) is 3.24. The smallest absolute Gasteiger partial charge is 0.332 e. The summed E-state index contributed by atoms with van der Waals surface area (Å²) in [4.78, 5) is 38.8. The minimum atomic E-state index is -1.09. The van der Waals surface area contributed by atoms with Crippen LogP contribution in [-0.4, -0.2) is 53.0 Å². The molecular weight excluding hydrogens is 432 g/mol. The van der Waals surface area contributed by atoms with Gasteiger partial charge in [0.05, 0.1) is 30.0 Å². The minimum Gasteiger partial charge on any atom is -0.395 e. The number of fused-ring (bicyclic) bond motifs is 1. The van der Waals surface area contributed by atoms with Gasteiger partial charge in [-0.15, -0.1) is 12.4 Å². The molecule has 3 aromatic rings. The molecule has 168 valence electrons. The van der Waals surface area contributed by atoms with E-state index < -0.39 is 28.3 Å². The quantitative estimate of drug-likeness (QED) is 0.302. The first-order chi connectivity index (χ1) is 14.3. The van der Waals surface area contributed by atoms with Crippen molar-refractivity contribution in [1.82, 2.24) is 24.0 Å². The van der Waals surface area contributed by atoms with Gasteiger partial charge in [-0.25, -0.2) is 9.78 Å². The summed E-state index contributed by atoms with van der Waals surface area (Å²) in [5.74, 6) is 0. The van der Waals surface area contributed by atoms with Crippen molar-refractivity contribution in [3.8, 4) is 0 Å². The summed E-state index contributed by atoms with van der Waals surface area (Å²) in [6, 6.07) is 4.70. The number of hydrogen-bond donors (Lipinski definition) is 3. The van der Waals surface area contributed by atoms with Crippen LogP contribution in [-0.2, 0) is 20.6 Å². The predicted molar refractivity (Wildman–Crippen MR) is 114 cm³/mol. The number of nitrogens with zero attached hydrogens (tertiary/aromatic N) is 5. The average Bonchev–Trinajstić information content (AvgIpc) is 3.17. The van der Waals surface area contributed by atoms with E-state index in [9.17, 15) is 29.9 Å². The number of aromatic nitrogens is 4. The number of halogens is 1. The van der Waals surface area contributed by atoms with Gasteiger partial charge >= 0.3 is 5.69 Å². The van der Waals surface area contributed by atoms with E-state index in [0.29, 0.717) is 12.1 Å². The number of nitrogens with one attached hydrogen (secondary N) is 1. The van der Waals surface area contributed by atoms with Gasteiger partial charge in [0.25, 0.3) is 11.2 Å². The van der Waals surface area contributed by atoms with Crippen LogP contribution in [0, 0.1) is 10.1 Å². The molecule has 0 amide bonds. The van der Waals surface area contributed by atoms with E-state index in [1.54, 1.807) is 4.57 Å². The highest BCUT2D eigenvalue weighted by Crippen LogP contribution is 2.20. The van der Waals surface area contributed by atoms with Gasteiger partial charge < -0.3 is 20.1 Å². The molecule has 0 aliphatic heterocycles. The van der Waals surface area contributed by atoms with Gasteiger partial charge in [0.2, 0.25) is 0 Å². The highest BCUT2D eigenvalue weighted by molar-refractivity contribution is 5.85. The van der Waals surface area contributed by atoms with Crippen molar-refractivity contribution in [2.75, 3.05) is 13.2 Å². The number of aliphatic hydroxyl groups is 2. The summed E-state index contributed by atoms with van der Waals surface area (Å²) >= 11 is 0. The van der Waals surface area contributed by atoms with Crippen molar-refractivity contribution in [3.05, 3.63) is 67.1 Å². The lowest BCUT2D eigenvalue weighted by atomic mass is 10.0. The fourth-order valence-electron chi connectivity index (χ4n) is 3.24. The van der Waals surface area contributed by atoms with Crippen molar-refractivity contribution < 1.29 is 15.1 Å². The van der Waals surface area contributed by atoms with Crippen LogP contribution in [0.4, 0.5) is 5.69 Å². The van der Waals surface area contributed by atoms with Crippen LogP contribution in [0.1, 0.15) is 11.7 Å². The van der Waals surface area contributed by atoms with Crippen LogP contribution in [0.3, 0.4) is 0 Å². The molecule has 3 N–H and O–H groups in total. The van der Waals surface area contributed by atoms with Crippen molar-refractivity contribution in [1.29, 1.82) is 0 Å². The summed E-state index contributed by atoms with van der Waals surface area (Å²) < 4.78 is 3.88. The maximum Gasteiger partial charge on any atom is 0.332 e. The number of nitro groups is 1. The van der Waals surface area contributed by atoms with E-state index in [1.807, 2.05) is 0 Å². The zero-order valence-electron chi connectivity index (χ0n) is 16.8. The van der Waals surface area contributed by atoms with Crippen molar-refractivity contribution >= 4 is 29.3 Å². The highest BCUT2D eigenvalue weighted by atomic mass is 35.5. The van der Waals surface area contributed by atoms with E-state index in [0.717, 1.165) is 4.57 Å². The Bertz CT molecular complexity index is 1190. The Kier molecular flexibility index (Phi) is 7.68. The van der Waals surface area contributed by atoms with Crippen LogP contribution in [0.15, 0.2) is 40.2 Å². The standard InChI is InChI=1S/C18H22N6O6.ClH/c1-21-16-14(17(27)22(2)18(21)28)23(10-20-16)8-7-19-13(9-25)15(26)11-3-5-12(6-4-11)24(29)30;/h3-6,10,13,15,19,25-26H,7-9H2,1-2H3;1H. The maximum atomic E-state index is 12.4. The maximum absolute atomic E-state index is 12.4. The molecule has 0 saturated carbocycles. The zero-order chi connectivity index (χ0) is 22.0. The summed E-state index contributed by atoms with van der Waals surface area (Å²) in [7, 11) is 2.92. The Morgan fingerprint density at radius 1 is 1.19 bits per heavy atom. The Balaban J connectivity index is 0.00000341. The molecule has 2 aromatic heterocycles. The molecule has 12 nitrogen and oxygen atoms in total. The lowest BCUT2D eigenvalue weighted by molar-refractivity contribution is -0.384. The second-order valence-corrected chi connectivity index (χ2v) is 6.85. The first kappa shape index (κ1) is 24.2. The van der Waals surface area contributed by atoms with Gasteiger partial charge in [0, 0.05) is 39.3 Å². The molecule has 1 aromatic carbocycles. The van der Waals surface area contributed by atoms with Crippen molar-refractivity contribution in [3.63, 3.8) is 0 Å². The summed E-state index contributed by atoms with van der Waals surface area (Å²) in [6.07, 6.45) is 0.359. The average molecular weight is 455 g/mol. The molecule has 0 aliphatic carbocycles. The third-order valence-corrected chi connectivity index (χ3v) is 5.00. The van der Waals surface area contributed by atoms with E-state index in [-0.39, 0.29) is 42.4 Å².